The third-order valence-corrected chi connectivity index (χ3v) is 4.54. The van der Waals surface area contributed by atoms with E-state index < -0.39 is 0 Å². The monoisotopic (exact) mass is 325 g/mol. The molecule has 1 spiro atoms. The molecule has 0 saturated carbocycles. The van der Waals surface area contributed by atoms with Crippen molar-refractivity contribution < 1.29 is 19.0 Å². The molecule has 2 fully saturated rings. The van der Waals surface area contributed by atoms with Crippen LogP contribution in [0.3, 0.4) is 0 Å². The maximum atomic E-state index is 12.5. The summed E-state index contributed by atoms with van der Waals surface area (Å²) in [5, 5.41) is 3.63. The summed E-state index contributed by atoms with van der Waals surface area (Å²) in [6, 6.07) is 5.11. The van der Waals surface area contributed by atoms with E-state index in [-0.39, 0.29) is 17.6 Å². The Hall–Kier alpha value is -1.30. The van der Waals surface area contributed by atoms with E-state index >= 15 is 0 Å². The van der Waals surface area contributed by atoms with Gasteiger partial charge in [-0.25, -0.2) is 0 Å². The van der Waals surface area contributed by atoms with E-state index in [9.17, 15) is 4.79 Å². The molecule has 2 saturated heterocycles. The highest BCUT2D eigenvalue weighted by Crippen LogP contribution is 2.33. The molecule has 0 bridgehead atoms. The number of rotatable bonds is 3. The van der Waals surface area contributed by atoms with Crippen LogP contribution in [-0.4, -0.2) is 44.5 Å². The Labute approximate surface area is 134 Å². The van der Waals surface area contributed by atoms with Crippen molar-refractivity contribution in [3.8, 4) is 5.75 Å². The van der Waals surface area contributed by atoms with Gasteiger partial charge in [0.1, 0.15) is 5.75 Å². The minimum atomic E-state index is -0.222. The number of hydrogen-bond acceptors (Lipinski definition) is 4. The third kappa shape index (κ3) is 3.21. The van der Waals surface area contributed by atoms with Crippen molar-refractivity contribution in [2.24, 2.45) is 0 Å². The summed E-state index contributed by atoms with van der Waals surface area (Å²) in [6.07, 6.45) is 2.49. The number of amides is 1. The minimum Gasteiger partial charge on any atom is -0.496 e. The molecule has 0 radical (unpaired) electrons. The molecule has 22 heavy (non-hydrogen) atoms. The normalized spacial score (nSPS) is 27.8. The molecule has 2 aliphatic rings. The summed E-state index contributed by atoms with van der Waals surface area (Å²) in [4.78, 5) is 12.5. The lowest BCUT2D eigenvalue weighted by Crippen LogP contribution is -2.49. The van der Waals surface area contributed by atoms with E-state index in [1.54, 1.807) is 18.2 Å². The Morgan fingerprint density at radius 1 is 1.45 bits per heavy atom. The first-order chi connectivity index (χ1) is 10.6. The van der Waals surface area contributed by atoms with Crippen molar-refractivity contribution in [3.05, 3.63) is 28.8 Å². The van der Waals surface area contributed by atoms with Crippen LogP contribution in [0.4, 0.5) is 0 Å². The van der Waals surface area contributed by atoms with E-state index in [0.717, 1.165) is 25.9 Å². The summed E-state index contributed by atoms with van der Waals surface area (Å²) in [7, 11) is 1.53. The van der Waals surface area contributed by atoms with Gasteiger partial charge in [-0.05, 0) is 31.0 Å². The molecule has 1 aromatic rings. The number of carbonyl (C=O) groups excluding carboxylic acids is 1. The van der Waals surface area contributed by atoms with Crippen LogP contribution in [-0.2, 0) is 9.47 Å². The lowest BCUT2D eigenvalue weighted by molar-refractivity contribution is -0.0881. The second-order valence-corrected chi connectivity index (χ2v) is 6.28. The highest BCUT2D eigenvalue weighted by molar-refractivity contribution is 6.30. The average Bonchev–Trinajstić information content (AvgIpc) is 2.94. The van der Waals surface area contributed by atoms with Crippen LogP contribution in [0.25, 0.3) is 0 Å². The van der Waals surface area contributed by atoms with Gasteiger partial charge < -0.3 is 19.5 Å². The number of hydrogen-bond donors (Lipinski definition) is 1. The first kappa shape index (κ1) is 15.6. The van der Waals surface area contributed by atoms with Crippen LogP contribution in [0.5, 0.6) is 5.75 Å². The summed E-state index contributed by atoms with van der Waals surface area (Å²) in [6.45, 7) is 1.99. The Kier molecular flexibility index (Phi) is 4.57. The molecule has 2 atom stereocenters. The second kappa shape index (κ2) is 6.44. The zero-order chi connectivity index (χ0) is 15.6. The lowest BCUT2D eigenvalue weighted by Gasteiger charge is -2.37. The van der Waals surface area contributed by atoms with Crippen LogP contribution in [0.1, 0.15) is 29.6 Å². The van der Waals surface area contributed by atoms with Crippen LogP contribution >= 0.6 is 11.6 Å². The highest BCUT2D eigenvalue weighted by Gasteiger charge is 2.41. The predicted molar refractivity (Wildman–Crippen MR) is 82.6 cm³/mol. The molecule has 1 amide bonds. The molecule has 5 nitrogen and oxygen atoms in total. The van der Waals surface area contributed by atoms with Crippen LogP contribution in [0.15, 0.2) is 18.2 Å². The van der Waals surface area contributed by atoms with Crippen molar-refractivity contribution in [2.75, 3.05) is 26.9 Å². The number of halogens is 1. The zero-order valence-corrected chi connectivity index (χ0v) is 13.3. The Morgan fingerprint density at radius 3 is 3.05 bits per heavy atom. The van der Waals surface area contributed by atoms with Gasteiger partial charge in [0, 0.05) is 30.7 Å². The summed E-state index contributed by atoms with van der Waals surface area (Å²) in [5.74, 6) is 0.338. The van der Waals surface area contributed by atoms with Gasteiger partial charge in [-0.1, -0.05) is 11.6 Å². The molecule has 120 valence electrons. The SMILES string of the molecule is COc1cc(Cl)ccc1C(=O)N[C@@H]1CCO[C@@]2(CCOC2)C1. The first-order valence-corrected chi connectivity index (χ1v) is 7.86. The molecule has 3 rings (SSSR count). The summed E-state index contributed by atoms with van der Waals surface area (Å²) < 4.78 is 16.6. The quantitative estimate of drug-likeness (QED) is 0.927. The molecule has 2 heterocycles. The van der Waals surface area contributed by atoms with Gasteiger partial charge in [-0.2, -0.15) is 0 Å². The number of nitrogens with one attached hydrogen (secondary N) is 1. The standard InChI is InChI=1S/C16H20ClNO4/c1-20-14-8-11(17)2-3-13(14)15(19)18-12-4-6-22-16(9-12)5-7-21-10-16/h2-3,8,12H,4-7,9-10H2,1H3,(H,18,19)/t12-,16+/m1/s1. The maximum absolute atomic E-state index is 12.5. The van der Waals surface area contributed by atoms with E-state index in [0.29, 0.717) is 29.5 Å². The fourth-order valence-corrected chi connectivity index (χ4v) is 3.29. The molecule has 1 N–H and O–H groups in total. The Bertz CT molecular complexity index is 557. The van der Waals surface area contributed by atoms with Gasteiger partial charge in [0.2, 0.25) is 0 Å². The fraction of sp³-hybridized carbons (Fsp3) is 0.562. The lowest BCUT2D eigenvalue weighted by atomic mass is 9.89. The van der Waals surface area contributed by atoms with Crippen molar-refractivity contribution in [1.29, 1.82) is 0 Å². The van der Waals surface area contributed by atoms with E-state index in [1.807, 2.05) is 0 Å². The fourth-order valence-electron chi connectivity index (χ4n) is 3.13. The van der Waals surface area contributed by atoms with E-state index in [4.69, 9.17) is 25.8 Å². The number of methoxy groups -OCH3 is 1. The first-order valence-electron chi connectivity index (χ1n) is 7.48. The molecule has 2 aliphatic heterocycles. The topological polar surface area (TPSA) is 56.8 Å². The van der Waals surface area contributed by atoms with Crippen molar-refractivity contribution >= 4 is 17.5 Å². The van der Waals surface area contributed by atoms with Crippen molar-refractivity contribution in [3.63, 3.8) is 0 Å². The van der Waals surface area contributed by atoms with Crippen molar-refractivity contribution in [1.82, 2.24) is 5.32 Å². The predicted octanol–water partition coefficient (Wildman–Crippen LogP) is 2.42. The highest BCUT2D eigenvalue weighted by atomic mass is 35.5. The number of benzene rings is 1. The second-order valence-electron chi connectivity index (χ2n) is 5.84. The smallest absolute Gasteiger partial charge is 0.255 e. The van der Waals surface area contributed by atoms with Crippen LogP contribution in [0.2, 0.25) is 5.02 Å². The van der Waals surface area contributed by atoms with Crippen molar-refractivity contribution in [2.45, 2.75) is 30.9 Å². The summed E-state index contributed by atoms with van der Waals surface area (Å²) >= 11 is 5.93. The van der Waals surface area contributed by atoms with Gasteiger partial charge in [-0.3, -0.25) is 4.79 Å². The van der Waals surface area contributed by atoms with Crippen LogP contribution in [0, 0.1) is 0 Å². The summed E-state index contributed by atoms with van der Waals surface area (Å²) in [5.41, 5.74) is 0.274. The average molecular weight is 326 g/mol. The molecular formula is C16H20ClNO4. The van der Waals surface area contributed by atoms with E-state index in [1.165, 1.54) is 7.11 Å². The van der Waals surface area contributed by atoms with Gasteiger partial charge in [0.15, 0.2) is 0 Å². The van der Waals surface area contributed by atoms with Crippen LogP contribution < -0.4 is 10.1 Å². The number of ether oxygens (including phenoxy) is 3. The van der Waals surface area contributed by atoms with E-state index in [2.05, 4.69) is 5.32 Å². The van der Waals surface area contributed by atoms with Gasteiger partial charge in [0.05, 0.1) is 24.9 Å². The largest absolute Gasteiger partial charge is 0.496 e. The molecular weight excluding hydrogens is 306 g/mol. The zero-order valence-electron chi connectivity index (χ0n) is 12.6. The van der Waals surface area contributed by atoms with Gasteiger partial charge in [-0.15, -0.1) is 0 Å². The maximum Gasteiger partial charge on any atom is 0.255 e. The van der Waals surface area contributed by atoms with Gasteiger partial charge >= 0.3 is 0 Å². The molecule has 0 unspecified atom stereocenters. The van der Waals surface area contributed by atoms with Gasteiger partial charge in [0.25, 0.3) is 5.91 Å². The molecule has 6 heteroatoms. The number of carbonyl (C=O) groups is 1. The Morgan fingerprint density at radius 2 is 2.32 bits per heavy atom. The molecule has 0 aromatic heterocycles. The minimum absolute atomic E-state index is 0.0864. The Balaban J connectivity index is 1.69. The molecule has 1 aromatic carbocycles. The third-order valence-electron chi connectivity index (χ3n) is 4.30. The molecule has 0 aliphatic carbocycles.